The first-order chi connectivity index (χ1) is 10.6. The third-order valence-corrected chi connectivity index (χ3v) is 4.34. The monoisotopic (exact) mass is 306 g/mol. The summed E-state index contributed by atoms with van der Waals surface area (Å²) in [4.78, 5) is 5.02. The second-order valence-electron chi connectivity index (χ2n) is 6.60. The number of para-hydroxylation sites is 1. The quantitative estimate of drug-likeness (QED) is 0.838. The molecule has 0 radical (unpaired) electrons. The molecule has 1 N–H and O–H groups in total. The van der Waals surface area contributed by atoms with Crippen LogP contribution in [0.2, 0.25) is 0 Å². The number of benzene rings is 1. The van der Waals surface area contributed by atoms with Crippen LogP contribution in [0.1, 0.15) is 25.8 Å². The first kappa shape index (κ1) is 17.3. The van der Waals surface area contributed by atoms with Gasteiger partial charge in [0.05, 0.1) is 7.11 Å². The summed E-state index contributed by atoms with van der Waals surface area (Å²) >= 11 is 0. The van der Waals surface area contributed by atoms with Crippen molar-refractivity contribution in [3.8, 4) is 5.75 Å². The lowest BCUT2D eigenvalue weighted by molar-refractivity contribution is 0.0473. The van der Waals surface area contributed by atoms with Crippen molar-refractivity contribution in [3.05, 3.63) is 29.8 Å². The van der Waals surface area contributed by atoms with Crippen LogP contribution in [-0.4, -0.2) is 60.8 Å². The largest absolute Gasteiger partial charge is 0.496 e. The molecule has 1 aromatic carbocycles. The van der Waals surface area contributed by atoms with Crippen LogP contribution in [0.15, 0.2) is 24.3 Å². The maximum Gasteiger partial charge on any atom is 0.123 e. The van der Waals surface area contributed by atoms with Gasteiger partial charge in [0.15, 0.2) is 0 Å². The highest BCUT2D eigenvalue weighted by Gasteiger charge is 2.27. The fourth-order valence-corrected chi connectivity index (χ4v) is 3.31. The van der Waals surface area contributed by atoms with Crippen molar-refractivity contribution < 1.29 is 9.84 Å². The molecule has 0 bridgehead atoms. The van der Waals surface area contributed by atoms with Gasteiger partial charge in [0.1, 0.15) is 5.75 Å². The van der Waals surface area contributed by atoms with E-state index in [-0.39, 0.29) is 6.61 Å². The lowest BCUT2D eigenvalue weighted by Crippen LogP contribution is -2.53. The first-order valence-corrected chi connectivity index (χ1v) is 8.33. The van der Waals surface area contributed by atoms with Crippen molar-refractivity contribution in [3.63, 3.8) is 0 Å². The van der Waals surface area contributed by atoms with Crippen LogP contribution in [0.5, 0.6) is 5.75 Å². The van der Waals surface area contributed by atoms with Crippen molar-refractivity contribution in [1.29, 1.82) is 0 Å². The van der Waals surface area contributed by atoms with Gasteiger partial charge in [-0.1, -0.05) is 32.0 Å². The number of hydrogen-bond acceptors (Lipinski definition) is 4. The fourth-order valence-electron chi connectivity index (χ4n) is 3.31. The van der Waals surface area contributed by atoms with E-state index in [1.54, 1.807) is 7.11 Å². The van der Waals surface area contributed by atoms with Gasteiger partial charge in [-0.05, 0) is 18.4 Å². The maximum absolute atomic E-state index is 9.36. The molecule has 1 aliphatic rings. The van der Waals surface area contributed by atoms with E-state index in [0.717, 1.165) is 44.9 Å². The molecule has 2 rings (SSSR count). The predicted octanol–water partition coefficient (Wildman–Crippen LogP) is 2.22. The minimum Gasteiger partial charge on any atom is -0.496 e. The summed E-state index contributed by atoms with van der Waals surface area (Å²) in [7, 11) is 1.73. The summed E-state index contributed by atoms with van der Waals surface area (Å²) in [5.41, 5.74) is 1.24. The number of rotatable bonds is 7. The number of ether oxygens (including phenoxy) is 1. The molecule has 1 aliphatic heterocycles. The van der Waals surface area contributed by atoms with E-state index < -0.39 is 0 Å². The van der Waals surface area contributed by atoms with Gasteiger partial charge in [0, 0.05) is 50.9 Å². The number of methoxy groups -OCH3 is 1. The van der Waals surface area contributed by atoms with Gasteiger partial charge in [0.25, 0.3) is 0 Å². The van der Waals surface area contributed by atoms with Gasteiger partial charge >= 0.3 is 0 Å². The second kappa shape index (κ2) is 8.51. The Balaban J connectivity index is 1.99. The molecule has 1 heterocycles. The van der Waals surface area contributed by atoms with Crippen LogP contribution in [0.3, 0.4) is 0 Å². The summed E-state index contributed by atoms with van der Waals surface area (Å²) in [6.07, 6.45) is 0.856. The number of hydrogen-bond donors (Lipinski definition) is 1. The van der Waals surface area contributed by atoms with E-state index >= 15 is 0 Å². The minimum atomic E-state index is 0.266. The molecule has 1 aromatic rings. The van der Waals surface area contributed by atoms with E-state index in [0.29, 0.717) is 12.0 Å². The van der Waals surface area contributed by atoms with E-state index in [9.17, 15) is 5.11 Å². The van der Waals surface area contributed by atoms with Crippen molar-refractivity contribution in [2.45, 2.75) is 32.9 Å². The summed E-state index contributed by atoms with van der Waals surface area (Å²) in [6.45, 7) is 10.0. The summed E-state index contributed by atoms with van der Waals surface area (Å²) in [5, 5.41) is 9.36. The molecule has 1 atom stereocenters. The highest BCUT2D eigenvalue weighted by molar-refractivity contribution is 5.33. The standard InChI is InChI=1S/C18H30N2O2/c1-15(2)12-20-10-9-19(14-17(20)8-11-21)13-16-6-4-5-7-18(16)22-3/h4-7,15,17,21H,8-14H2,1-3H3. The van der Waals surface area contributed by atoms with Gasteiger partial charge in [-0.3, -0.25) is 9.80 Å². The molecule has 1 saturated heterocycles. The van der Waals surface area contributed by atoms with Crippen LogP contribution in [0.25, 0.3) is 0 Å². The van der Waals surface area contributed by atoms with Crippen LogP contribution < -0.4 is 4.74 Å². The van der Waals surface area contributed by atoms with Crippen LogP contribution >= 0.6 is 0 Å². The van der Waals surface area contributed by atoms with Crippen LogP contribution in [-0.2, 0) is 6.54 Å². The smallest absolute Gasteiger partial charge is 0.123 e. The normalized spacial score (nSPS) is 20.5. The average molecular weight is 306 g/mol. The summed E-state index contributed by atoms with van der Waals surface area (Å²) < 4.78 is 5.46. The predicted molar refractivity (Wildman–Crippen MR) is 90.2 cm³/mol. The molecule has 0 aromatic heterocycles. The van der Waals surface area contributed by atoms with Crippen molar-refractivity contribution in [2.75, 3.05) is 39.9 Å². The molecule has 0 spiro atoms. The van der Waals surface area contributed by atoms with Crippen molar-refractivity contribution in [1.82, 2.24) is 9.80 Å². The maximum atomic E-state index is 9.36. The van der Waals surface area contributed by atoms with Gasteiger partial charge < -0.3 is 9.84 Å². The number of piperazine rings is 1. The number of aliphatic hydroxyl groups excluding tert-OH is 1. The van der Waals surface area contributed by atoms with E-state index in [1.807, 2.05) is 12.1 Å². The lowest BCUT2D eigenvalue weighted by atomic mass is 10.1. The topological polar surface area (TPSA) is 35.9 Å². The molecular formula is C18H30N2O2. The zero-order valence-corrected chi connectivity index (χ0v) is 14.2. The average Bonchev–Trinajstić information content (AvgIpc) is 2.50. The molecule has 124 valence electrons. The van der Waals surface area contributed by atoms with Crippen molar-refractivity contribution >= 4 is 0 Å². The highest BCUT2D eigenvalue weighted by Crippen LogP contribution is 2.22. The minimum absolute atomic E-state index is 0.266. The highest BCUT2D eigenvalue weighted by atomic mass is 16.5. The summed E-state index contributed by atoms with van der Waals surface area (Å²) in [6, 6.07) is 8.70. The third kappa shape index (κ3) is 4.70. The van der Waals surface area contributed by atoms with Crippen molar-refractivity contribution in [2.24, 2.45) is 5.92 Å². The molecule has 1 fully saturated rings. The zero-order chi connectivity index (χ0) is 15.9. The third-order valence-electron chi connectivity index (χ3n) is 4.34. The molecule has 0 aliphatic carbocycles. The van der Waals surface area contributed by atoms with Crippen LogP contribution in [0.4, 0.5) is 0 Å². The Morgan fingerprint density at radius 2 is 2.05 bits per heavy atom. The zero-order valence-electron chi connectivity index (χ0n) is 14.2. The molecule has 1 unspecified atom stereocenters. The second-order valence-corrected chi connectivity index (χ2v) is 6.60. The molecule has 4 nitrogen and oxygen atoms in total. The summed E-state index contributed by atoms with van der Waals surface area (Å²) in [5.74, 6) is 1.63. The van der Waals surface area contributed by atoms with Gasteiger partial charge in [-0.15, -0.1) is 0 Å². The molecule has 4 heteroatoms. The Labute approximate surface area is 134 Å². The lowest BCUT2D eigenvalue weighted by Gasteiger charge is -2.42. The Bertz CT molecular complexity index is 450. The van der Waals surface area contributed by atoms with Gasteiger partial charge in [-0.2, -0.15) is 0 Å². The Morgan fingerprint density at radius 3 is 2.73 bits per heavy atom. The molecular weight excluding hydrogens is 276 g/mol. The Hall–Kier alpha value is -1.10. The number of nitrogens with zero attached hydrogens (tertiary/aromatic N) is 2. The Kier molecular flexibility index (Phi) is 6.68. The SMILES string of the molecule is COc1ccccc1CN1CCN(CC(C)C)C(CCO)C1. The van der Waals surface area contributed by atoms with Gasteiger partial charge in [0.2, 0.25) is 0 Å². The molecule has 0 saturated carbocycles. The molecule has 0 amide bonds. The fraction of sp³-hybridized carbons (Fsp3) is 0.667. The van der Waals surface area contributed by atoms with E-state index in [1.165, 1.54) is 5.56 Å². The first-order valence-electron chi connectivity index (χ1n) is 8.33. The molecule has 22 heavy (non-hydrogen) atoms. The van der Waals surface area contributed by atoms with E-state index in [2.05, 4.69) is 35.8 Å². The van der Waals surface area contributed by atoms with E-state index in [4.69, 9.17) is 4.74 Å². The Morgan fingerprint density at radius 1 is 1.27 bits per heavy atom. The number of aliphatic hydroxyl groups is 1. The van der Waals surface area contributed by atoms with Crippen LogP contribution in [0, 0.1) is 5.92 Å². The van der Waals surface area contributed by atoms with Gasteiger partial charge in [-0.25, -0.2) is 0 Å².